The zero-order valence-corrected chi connectivity index (χ0v) is 12.6. The van der Waals surface area contributed by atoms with Gasteiger partial charge in [0.1, 0.15) is 0 Å². The standard InChI is InChI=1S/C17H24N2/c1-12(2)9-15-8-6-7-14(5)17(15)16-10-18-19(11-16)13(3)4/h6-8,10-13H,9H2,1-5H3. The van der Waals surface area contributed by atoms with Crippen molar-refractivity contribution in [3.05, 3.63) is 41.7 Å². The lowest BCUT2D eigenvalue weighted by Crippen LogP contribution is -2.00. The van der Waals surface area contributed by atoms with Gasteiger partial charge in [-0.3, -0.25) is 4.68 Å². The molecule has 0 aliphatic heterocycles. The van der Waals surface area contributed by atoms with E-state index >= 15 is 0 Å². The summed E-state index contributed by atoms with van der Waals surface area (Å²) < 4.78 is 2.03. The molecule has 0 N–H and O–H groups in total. The van der Waals surface area contributed by atoms with Gasteiger partial charge in [0, 0.05) is 17.8 Å². The Bertz CT molecular complexity index is 550. The maximum Gasteiger partial charge on any atom is 0.0568 e. The molecule has 0 radical (unpaired) electrons. The van der Waals surface area contributed by atoms with Crippen LogP contribution in [-0.2, 0) is 6.42 Å². The Balaban J connectivity index is 2.47. The van der Waals surface area contributed by atoms with Crippen LogP contribution in [0.4, 0.5) is 0 Å². The number of rotatable bonds is 4. The third-order valence-electron chi connectivity index (χ3n) is 3.41. The minimum Gasteiger partial charge on any atom is -0.270 e. The lowest BCUT2D eigenvalue weighted by Gasteiger charge is -2.13. The molecule has 102 valence electrons. The Morgan fingerprint density at radius 2 is 1.89 bits per heavy atom. The van der Waals surface area contributed by atoms with Crippen LogP contribution in [0, 0.1) is 12.8 Å². The van der Waals surface area contributed by atoms with E-state index in [1.165, 1.54) is 22.3 Å². The van der Waals surface area contributed by atoms with Crippen LogP contribution in [0.15, 0.2) is 30.6 Å². The third kappa shape index (κ3) is 3.06. The summed E-state index contributed by atoms with van der Waals surface area (Å²) in [5.41, 5.74) is 5.37. The van der Waals surface area contributed by atoms with Gasteiger partial charge in [-0.25, -0.2) is 0 Å². The third-order valence-corrected chi connectivity index (χ3v) is 3.41. The summed E-state index contributed by atoms with van der Waals surface area (Å²) in [6.07, 6.45) is 5.27. The molecule has 1 aromatic heterocycles. The largest absolute Gasteiger partial charge is 0.270 e. The van der Waals surface area contributed by atoms with Crippen molar-refractivity contribution in [2.75, 3.05) is 0 Å². The van der Waals surface area contributed by atoms with E-state index in [0.29, 0.717) is 12.0 Å². The number of hydrogen-bond donors (Lipinski definition) is 0. The van der Waals surface area contributed by atoms with Crippen LogP contribution < -0.4 is 0 Å². The Labute approximate surface area is 116 Å². The Morgan fingerprint density at radius 3 is 2.47 bits per heavy atom. The number of aryl methyl sites for hydroxylation is 1. The monoisotopic (exact) mass is 256 g/mol. The molecule has 0 spiro atoms. The highest BCUT2D eigenvalue weighted by Crippen LogP contribution is 2.29. The summed E-state index contributed by atoms with van der Waals surface area (Å²) in [6.45, 7) is 11.0. The Hall–Kier alpha value is -1.57. The topological polar surface area (TPSA) is 17.8 Å². The second-order valence-electron chi connectivity index (χ2n) is 6.01. The first-order chi connectivity index (χ1) is 8.99. The van der Waals surface area contributed by atoms with Gasteiger partial charge in [-0.05, 0) is 49.8 Å². The van der Waals surface area contributed by atoms with Crippen molar-refractivity contribution in [1.82, 2.24) is 9.78 Å². The zero-order chi connectivity index (χ0) is 14.0. The van der Waals surface area contributed by atoms with E-state index in [2.05, 4.69) is 64.1 Å². The van der Waals surface area contributed by atoms with Gasteiger partial charge in [0.2, 0.25) is 0 Å². The van der Waals surface area contributed by atoms with Gasteiger partial charge in [-0.1, -0.05) is 32.0 Å². The predicted octanol–water partition coefficient (Wildman–Crippen LogP) is 4.64. The molecule has 1 heterocycles. The molecule has 0 unspecified atom stereocenters. The van der Waals surface area contributed by atoms with Crippen molar-refractivity contribution in [3.63, 3.8) is 0 Å². The highest BCUT2D eigenvalue weighted by atomic mass is 15.3. The molecule has 0 saturated carbocycles. The summed E-state index contributed by atoms with van der Waals surface area (Å²) in [5, 5.41) is 4.47. The van der Waals surface area contributed by atoms with E-state index in [1.54, 1.807) is 0 Å². The molecule has 2 rings (SSSR count). The molecule has 2 heteroatoms. The van der Waals surface area contributed by atoms with Crippen LogP contribution in [0.2, 0.25) is 0 Å². The molecule has 0 saturated heterocycles. The summed E-state index contributed by atoms with van der Waals surface area (Å²) >= 11 is 0. The van der Waals surface area contributed by atoms with Gasteiger partial charge in [-0.2, -0.15) is 5.10 Å². The highest BCUT2D eigenvalue weighted by Gasteiger charge is 2.12. The Morgan fingerprint density at radius 1 is 1.16 bits per heavy atom. The van der Waals surface area contributed by atoms with E-state index < -0.39 is 0 Å². The van der Waals surface area contributed by atoms with E-state index in [-0.39, 0.29) is 0 Å². The predicted molar refractivity (Wildman–Crippen MR) is 81.3 cm³/mol. The average molecular weight is 256 g/mol. The maximum atomic E-state index is 4.47. The zero-order valence-electron chi connectivity index (χ0n) is 12.6. The van der Waals surface area contributed by atoms with Crippen LogP contribution in [0.25, 0.3) is 11.1 Å². The molecular weight excluding hydrogens is 232 g/mol. The minimum atomic E-state index is 0.409. The highest BCUT2D eigenvalue weighted by molar-refractivity contribution is 5.69. The van der Waals surface area contributed by atoms with Gasteiger partial charge in [0.05, 0.1) is 6.20 Å². The molecule has 2 aromatic rings. The van der Waals surface area contributed by atoms with Crippen LogP contribution >= 0.6 is 0 Å². The van der Waals surface area contributed by atoms with E-state index in [0.717, 1.165) is 6.42 Å². The SMILES string of the molecule is Cc1cccc(CC(C)C)c1-c1cnn(C(C)C)c1. The number of aromatic nitrogens is 2. The minimum absolute atomic E-state index is 0.409. The van der Waals surface area contributed by atoms with Crippen molar-refractivity contribution >= 4 is 0 Å². The van der Waals surface area contributed by atoms with Gasteiger partial charge < -0.3 is 0 Å². The van der Waals surface area contributed by atoms with E-state index in [4.69, 9.17) is 0 Å². The first kappa shape index (κ1) is 13.9. The summed E-state index contributed by atoms with van der Waals surface area (Å²) in [5.74, 6) is 0.667. The van der Waals surface area contributed by atoms with Crippen LogP contribution in [-0.4, -0.2) is 9.78 Å². The van der Waals surface area contributed by atoms with Crippen LogP contribution in [0.3, 0.4) is 0 Å². The quantitative estimate of drug-likeness (QED) is 0.779. The van der Waals surface area contributed by atoms with Gasteiger partial charge in [0.15, 0.2) is 0 Å². The smallest absolute Gasteiger partial charge is 0.0568 e. The molecule has 2 nitrogen and oxygen atoms in total. The molecule has 19 heavy (non-hydrogen) atoms. The van der Waals surface area contributed by atoms with Crippen molar-refractivity contribution in [2.24, 2.45) is 5.92 Å². The molecule has 0 fully saturated rings. The molecule has 0 bridgehead atoms. The van der Waals surface area contributed by atoms with E-state index in [1.807, 2.05) is 10.9 Å². The fourth-order valence-corrected chi connectivity index (χ4v) is 2.50. The van der Waals surface area contributed by atoms with Crippen LogP contribution in [0.5, 0.6) is 0 Å². The molecule has 1 aromatic carbocycles. The molecule has 0 amide bonds. The molecule has 0 aliphatic carbocycles. The second kappa shape index (κ2) is 5.60. The number of nitrogens with zero attached hydrogens (tertiary/aromatic N) is 2. The maximum absolute atomic E-state index is 4.47. The summed E-state index contributed by atoms with van der Waals surface area (Å²) in [7, 11) is 0. The molecule has 0 aliphatic rings. The number of benzene rings is 1. The second-order valence-corrected chi connectivity index (χ2v) is 6.01. The molecule has 0 atom stereocenters. The van der Waals surface area contributed by atoms with Crippen molar-refractivity contribution in [2.45, 2.75) is 47.1 Å². The van der Waals surface area contributed by atoms with Gasteiger partial charge in [0.25, 0.3) is 0 Å². The van der Waals surface area contributed by atoms with Gasteiger partial charge in [-0.15, -0.1) is 0 Å². The van der Waals surface area contributed by atoms with Crippen molar-refractivity contribution in [3.8, 4) is 11.1 Å². The van der Waals surface area contributed by atoms with Gasteiger partial charge >= 0.3 is 0 Å². The Kier molecular flexibility index (Phi) is 4.08. The number of hydrogen-bond acceptors (Lipinski definition) is 1. The first-order valence-electron chi connectivity index (χ1n) is 7.12. The normalized spacial score (nSPS) is 11.5. The van der Waals surface area contributed by atoms with Crippen molar-refractivity contribution < 1.29 is 0 Å². The fourth-order valence-electron chi connectivity index (χ4n) is 2.50. The lowest BCUT2D eigenvalue weighted by molar-refractivity contribution is 0.532. The first-order valence-corrected chi connectivity index (χ1v) is 7.12. The molecular formula is C17H24N2. The van der Waals surface area contributed by atoms with Crippen molar-refractivity contribution in [1.29, 1.82) is 0 Å². The average Bonchev–Trinajstić information content (AvgIpc) is 2.77. The summed E-state index contributed by atoms with van der Waals surface area (Å²) in [6, 6.07) is 7.00. The lowest BCUT2D eigenvalue weighted by atomic mass is 9.92. The fraction of sp³-hybridized carbons (Fsp3) is 0.471. The van der Waals surface area contributed by atoms with E-state index in [9.17, 15) is 0 Å². The summed E-state index contributed by atoms with van der Waals surface area (Å²) in [4.78, 5) is 0. The van der Waals surface area contributed by atoms with Crippen LogP contribution in [0.1, 0.15) is 44.9 Å².